The fourth-order valence-corrected chi connectivity index (χ4v) is 2.44. The number of hydrogen-bond donors (Lipinski definition) is 0. The van der Waals surface area contributed by atoms with Crippen LogP contribution < -0.4 is 4.74 Å². The number of aliphatic imine (C=N–C) groups is 1. The molecule has 1 aliphatic rings. The maximum atomic E-state index is 12.5. The SMILES string of the molecule is CC1=NC(COc2cccc(C(F)(F)F)c2)=CS1(=O)=O. The molecule has 1 aliphatic heterocycles. The molecule has 0 amide bonds. The Morgan fingerprint density at radius 1 is 1.30 bits per heavy atom. The Balaban J connectivity index is 2.10. The van der Waals surface area contributed by atoms with Crippen LogP contribution in [-0.2, 0) is 16.0 Å². The molecule has 0 atom stereocenters. The van der Waals surface area contributed by atoms with Crippen molar-refractivity contribution in [1.82, 2.24) is 0 Å². The van der Waals surface area contributed by atoms with E-state index < -0.39 is 21.6 Å². The van der Waals surface area contributed by atoms with Gasteiger partial charge in [0.1, 0.15) is 17.4 Å². The lowest BCUT2D eigenvalue weighted by molar-refractivity contribution is -0.137. The molecular weight excluding hydrogens is 295 g/mol. The molecule has 0 aromatic heterocycles. The van der Waals surface area contributed by atoms with Crippen molar-refractivity contribution in [2.24, 2.45) is 4.99 Å². The Labute approximate surface area is 113 Å². The molecule has 0 N–H and O–H groups in total. The van der Waals surface area contributed by atoms with Crippen LogP contribution in [-0.4, -0.2) is 20.1 Å². The van der Waals surface area contributed by atoms with E-state index in [1.807, 2.05) is 0 Å². The van der Waals surface area contributed by atoms with Crippen LogP contribution in [0, 0.1) is 0 Å². The van der Waals surface area contributed by atoms with E-state index in [2.05, 4.69) is 4.99 Å². The van der Waals surface area contributed by atoms with Gasteiger partial charge in [-0.1, -0.05) is 6.07 Å². The van der Waals surface area contributed by atoms with Crippen LogP contribution in [0.2, 0.25) is 0 Å². The third kappa shape index (κ3) is 3.19. The largest absolute Gasteiger partial charge is 0.487 e. The first-order chi connectivity index (χ1) is 9.18. The van der Waals surface area contributed by atoms with Crippen LogP contribution >= 0.6 is 0 Å². The summed E-state index contributed by atoms with van der Waals surface area (Å²) < 4.78 is 65.3. The van der Waals surface area contributed by atoms with Crippen molar-refractivity contribution in [2.45, 2.75) is 13.1 Å². The monoisotopic (exact) mass is 305 g/mol. The normalized spacial score (nSPS) is 17.6. The van der Waals surface area contributed by atoms with Gasteiger partial charge in [0.25, 0.3) is 0 Å². The van der Waals surface area contributed by atoms with Crippen molar-refractivity contribution < 1.29 is 26.3 Å². The maximum Gasteiger partial charge on any atom is 0.416 e. The summed E-state index contributed by atoms with van der Waals surface area (Å²) in [6.45, 7) is 1.13. The van der Waals surface area contributed by atoms with Crippen LogP contribution in [0.4, 0.5) is 13.2 Å². The number of rotatable bonds is 3. The van der Waals surface area contributed by atoms with E-state index in [0.717, 1.165) is 17.5 Å². The first-order valence-corrected chi connectivity index (χ1v) is 7.04. The molecule has 0 bridgehead atoms. The summed E-state index contributed by atoms with van der Waals surface area (Å²) >= 11 is 0. The van der Waals surface area contributed by atoms with Gasteiger partial charge in [-0.2, -0.15) is 13.2 Å². The summed E-state index contributed by atoms with van der Waals surface area (Å²) in [5, 5.41) is 0.885. The van der Waals surface area contributed by atoms with E-state index in [1.54, 1.807) is 0 Å². The molecule has 0 saturated carbocycles. The summed E-state index contributed by atoms with van der Waals surface area (Å²) in [6, 6.07) is 4.34. The van der Waals surface area contributed by atoms with E-state index in [-0.39, 0.29) is 23.1 Å². The minimum Gasteiger partial charge on any atom is -0.487 e. The Bertz CT molecular complexity index is 690. The Morgan fingerprint density at radius 3 is 2.55 bits per heavy atom. The predicted octanol–water partition coefficient (Wildman–Crippen LogP) is 2.77. The number of hydrogen-bond acceptors (Lipinski definition) is 4. The second kappa shape index (κ2) is 4.93. The van der Waals surface area contributed by atoms with Crippen LogP contribution in [0.15, 0.2) is 40.4 Å². The van der Waals surface area contributed by atoms with Crippen molar-refractivity contribution in [3.05, 3.63) is 40.9 Å². The smallest absolute Gasteiger partial charge is 0.416 e. The highest BCUT2D eigenvalue weighted by Gasteiger charge is 2.30. The van der Waals surface area contributed by atoms with Gasteiger partial charge in [0.05, 0.1) is 16.7 Å². The molecule has 108 valence electrons. The molecule has 4 nitrogen and oxygen atoms in total. The van der Waals surface area contributed by atoms with Crippen molar-refractivity contribution in [3.63, 3.8) is 0 Å². The summed E-state index contributed by atoms with van der Waals surface area (Å²) in [4.78, 5) is 3.77. The van der Waals surface area contributed by atoms with E-state index in [4.69, 9.17) is 4.74 Å². The fourth-order valence-electron chi connectivity index (χ4n) is 1.54. The molecule has 0 saturated heterocycles. The molecule has 0 aliphatic carbocycles. The van der Waals surface area contributed by atoms with Crippen LogP contribution in [0.5, 0.6) is 5.75 Å². The van der Waals surface area contributed by atoms with Gasteiger partial charge in [-0.05, 0) is 25.1 Å². The standard InChI is InChI=1S/C12H10F3NO3S/c1-8-16-10(7-20(8,17)18)6-19-11-4-2-3-9(5-11)12(13,14)15/h2-5,7H,6H2,1H3. The molecule has 1 aromatic rings. The maximum absolute atomic E-state index is 12.5. The van der Waals surface area contributed by atoms with Gasteiger partial charge in [0, 0.05) is 0 Å². The molecular formula is C12H10F3NO3S. The first kappa shape index (κ1) is 14.6. The van der Waals surface area contributed by atoms with Crippen LogP contribution in [0.25, 0.3) is 0 Å². The van der Waals surface area contributed by atoms with E-state index >= 15 is 0 Å². The minimum atomic E-state index is -4.45. The third-order valence-electron chi connectivity index (χ3n) is 2.55. The Kier molecular flexibility index (Phi) is 3.59. The second-order valence-corrected chi connectivity index (χ2v) is 6.02. The van der Waals surface area contributed by atoms with Gasteiger partial charge in [0.15, 0.2) is 0 Å². The van der Waals surface area contributed by atoms with Gasteiger partial charge in [-0.15, -0.1) is 0 Å². The quantitative estimate of drug-likeness (QED) is 0.863. The highest BCUT2D eigenvalue weighted by Crippen LogP contribution is 2.31. The number of sulfone groups is 1. The van der Waals surface area contributed by atoms with Crippen LogP contribution in [0.1, 0.15) is 12.5 Å². The minimum absolute atomic E-state index is 0.00197. The molecule has 8 heteroatoms. The van der Waals surface area contributed by atoms with E-state index in [9.17, 15) is 21.6 Å². The number of nitrogens with zero attached hydrogens (tertiary/aromatic N) is 1. The average Bonchev–Trinajstić information content (AvgIpc) is 2.60. The van der Waals surface area contributed by atoms with E-state index in [0.29, 0.717) is 0 Å². The summed E-state index contributed by atoms with van der Waals surface area (Å²) in [6.07, 6.45) is -4.45. The van der Waals surface area contributed by atoms with Crippen molar-refractivity contribution in [1.29, 1.82) is 0 Å². The van der Waals surface area contributed by atoms with Crippen molar-refractivity contribution in [3.8, 4) is 5.75 Å². The van der Waals surface area contributed by atoms with Gasteiger partial charge in [-0.3, -0.25) is 0 Å². The fraction of sp³-hybridized carbons (Fsp3) is 0.250. The molecule has 0 spiro atoms. The van der Waals surface area contributed by atoms with Gasteiger partial charge >= 0.3 is 6.18 Å². The molecule has 0 unspecified atom stereocenters. The number of halogens is 3. The zero-order valence-electron chi connectivity index (χ0n) is 10.3. The number of benzene rings is 1. The highest BCUT2D eigenvalue weighted by atomic mass is 32.2. The molecule has 0 fully saturated rings. The Morgan fingerprint density at radius 2 is 2.00 bits per heavy atom. The van der Waals surface area contributed by atoms with Crippen LogP contribution in [0.3, 0.4) is 0 Å². The third-order valence-corrected chi connectivity index (χ3v) is 4.05. The second-order valence-electron chi connectivity index (χ2n) is 4.10. The van der Waals surface area contributed by atoms with Gasteiger partial charge in [0.2, 0.25) is 9.84 Å². The molecule has 1 heterocycles. The Hall–Kier alpha value is -1.83. The summed E-state index contributed by atoms with van der Waals surface area (Å²) in [5.41, 5.74) is -0.678. The highest BCUT2D eigenvalue weighted by molar-refractivity contribution is 8.09. The molecule has 2 rings (SSSR count). The van der Waals surface area contributed by atoms with Gasteiger partial charge in [-0.25, -0.2) is 13.4 Å². The topological polar surface area (TPSA) is 55.7 Å². The van der Waals surface area contributed by atoms with Crippen molar-refractivity contribution in [2.75, 3.05) is 6.61 Å². The lowest BCUT2D eigenvalue weighted by atomic mass is 10.2. The zero-order chi connectivity index (χ0) is 15.0. The zero-order valence-corrected chi connectivity index (χ0v) is 11.1. The van der Waals surface area contributed by atoms with Gasteiger partial charge < -0.3 is 4.74 Å². The number of alkyl halides is 3. The predicted molar refractivity (Wildman–Crippen MR) is 67.1 cm³/mol. The first-order valence-electron chi connectivity index (χ1n) is 5.49. The lowest BCUT2D eigenvalue weighted by Gasteiger charge is -2.09. The van der Waals surface area contributed by atoms with Crippen molar-refractivity contribution >= 4 is 14.9 Å². The summed E-state index contributed by atoms with van der Waals surface area (Å²) in [7, 11) is -3.48. The number of ether oxygens (including phenoxy) is 1. The molecule has 1 aromatic carbocycles. The molecule has 20 heavy (non-hydrogen) atoms. The summed E-state index contributed by atoms with van der Waals surface area (Å²) in [5.74, 6) is -0.00197. The average molecular weight is 305 g/mol. The molecule has 0 radical (unpaired) electrons. The van der Waals surface area contributed by atoms with E-state index in [1.165, 1.54) is 19.1 Å². The lowest BCUT2D eigenvalue weighted by Crippen LogP contribution is -2.05.